The van der Waals surface area contributed by atoms with Crippen molar-refractivity contribution < 1.29 is 4.79 Å². The number of aryl methyl sites for hydroxylation is 1. The van der Waals surface area contributed by atoms with Crippen LogP contribution in [0.1, 0.15) is 40.8 Å². The van der Waals surface area contributed by atoms with Gasteiger partial charge in [0.1, 0.15) is 6.04 Å². The molecule has 1 aliphatic carbocycles. The number of aromatic nitrogens is 2. The zero-order valence-corrected chi connectivity index (χ0v) is 17.4. The summed E-state index contributed by atoms with van der Waals surface area (Å²) < 4.78 is 2.20. The van der Waals surface area contributed by atoms with Crippen LogP contribution in [0.4, 0.5) is 5.95 Å². The highest BCUT2D eigenvalue weighted by atomic mass is 32.1. The van der Waals surface area contributed by atoms with E-state index in [0.29, 0.717) is 6.42 Å². The summed E-state index contributed by atoms with van der Waals surface area (Å²) in [6, 6.07) is 20.8. The molecule has 5 heteroatoms. The lowest BCUT2D eigenvalue weighted by Gasteiger charge is -2.36. The monoisotopic (exact) mass is 411 g/mol. The van der Waals surface area contributed by atoms with Gasteiger partial charge in [-0.15, -0.1) is 11.3 Å². The molecule has 2 aliphatic rings. The van der Waals surface area contributed by atoms with Gasteiger partial charge in [0.2, 0.25) is 5.95 Å². The zero-order valence-electron chi connectivity index (χ0n) is 16.6. The van der Waals surface area contributed by atoms with Gasteiger partial charge in [0.25, 0.3) is 0 Å². The molecule has 0 saturated heterocycles. The minimum Gasteiger partial charge on any atom is -0.329 e. The van der Waals surface area contributed by atoms with E-state index in [2.05, 4.69) is 64.7 Å². The van der Waals surface area contributed by atoms with Crippen LogP contribution in [0.5, 0.6) is 0 Å². The largest absolute Gasteiger partial charge is 0.329 e. The van der Waals surface area contributed by atoms with Crippen LogP contribution < -0.4 is 5.32 Å². The van der Waals surface area contributed by atoms with Gasteiger partial charge in [-0.05, 0) is 48.4 Å². The average Bonchev–Trinajstić information content (AvgIpc) is 3.40. The molecule has 0 fully saturated rings. The van der Waals surface area contributed by atoms with Crippen molar-refractivity contribution in [3.05, 3.63) is 93.3 Å². The molecule has 0 radical (unpaired) electrons. The summed E-state index contributed by atoms with van der Waals surface area (Å²) in [5.74, 6) is 1.26. The van der Waals surface area contributed by atoms with Gasteiger partial charge < -0.3 is 5.32 Å². The normalized spacial score (nSPS) is 20.8. The number of nitrogens with one attached hydrogen (secondary N) is 1. The molecular formula is C25H21N3OS. The van der Waals surface area contributed by atoms with Crippen molar-refractivity contribution in [2.24, 2.45) is 0 Å². The lowest BCUT2D eigenvalue weighted by molar-refractivity contribution is -0.116. The van der Waals surface area contributed by atoms with E-state index >= 15 is 0 Å². The van der Waals surface area contributed by atoms with Crippen molar-refractivity contribution in [1.29, 1.82) is 0 Å². The fraction of sp³-hybridized carbons (Fsp3) is 0.200. The fourth-order valence-corrected chi connectivity index (χ4v) is 5.64. The van der Waals surface area contributed by atoms with Crippen molar-refractivity contribution >= 4 is 34.1 Å². The number of hydrogen-bond acceptors (Lipinski definition) is 4. The Kier molecular flexibility index (Phi) is 3.93. The number of nitrogens with zero attached hydrogens (tertiary/aromatic N) is 2. The van der Waals surface area contributed by atoms with Crippen molar-refractivity contribution in [2.75, 3.05) is 5.32 Å². The van der Waals surface area contributed by atoms with Crippen LogP contribution in [0.2, 0.25) is 0 Å². The summed E-state index contributed by atoms with van der Waals surface area (Å²) in [7, 11) is 0. The van der Waals surface area contributed by atoms with Gasteiger partial charge in [-0.2, -0.15) is 0 Å². The second-order valence-electron chi connectivity index (χ2n) is 8.17. The molecule has 1 N–H and O–H groups in total. The van der Waals surface area contributed by atoms with Gasteiger partial charge in [-0.3, -0.25) is 9.36 Å². The van der Waals surface area contributed by atoms with Gasteiger partial charge in [0, 0.05) is 22.6 Å². The van der Waals surface area contributed by atoms with Crippen LogP contribution in [0.25, 0.3) is 11.0 Å². The molecule has 148 valence electrons. The molecule has 0 spiro atoms. The molecule has 4 aromatic rings. The summed E-state index contributed by atoms with van der Waals surface area (Å²) >= 11 is 1.70. The van der Waals surface area contributed by atoms with Crippen LogP contribution in [-0.2, 0) is 4.79 Å². The number of thiophene rings is 1. The summed E-state index contributed by atoms with van der Waals surface area (Å²) in [6.07, 6.45) is 1.38. The predicted octanol–water partition coefficient (Wildman–Crippen LogP) is 5.82. The van der Waals surface area contributed by atoms with E-state index in [9.17, 15) is 4.79 Å². The predicted molar refractivity (Wildman–Crippen MR) is 121 cm³/mol. The molecule has 0 bridgehead atoms. The maximum Gasteiger partial charge on any atom is 0.209 e. The highest BCUT2D eigenvalue weighted by Crippen LogP contribution is 2.46. The first kappa shape index (κ1) is 17.7. The second-order valence-corrected chi connectivity index (χ2v) is 9.15. The van der Waals surface area contributed by atoms with Crippen LogP contribution in [0.3, 0.4) is 0 Å². The molecule has 0 unspecified atom stereocenters. The van der Waals surface area contributed by atoms with E-state index in [4.69, 9.17) is 4.98 Å². The molecule has 2 atom stereocenters. The van der Waals surface area contributed by atoms with Crippen LogP contribution in [0.15, 0.2) is 77.3 Å². The van der Waals surface area contributed by atoms with Gasteiger partial charge in [-0.25, -0.2) is 4.98 Å². The highest BCUT2D eigenvalue weighted by Gasteiger charge is 2.39. The number of carbonyl (C=O) groups is 1. The third-order valence-electron chi connectivity index (χ3n) is 6.26. The number of fused-ring (bicyclic) bond motifs is 3. The lowest BCUT2D eigenvalue weighted by Crippen LogP contribution is -2.32. The Bertz CT molecular complexity index is 1300. The molecule has 1 aliphatic heterocycles. The van der Waals surface area contributed by atoms with E-state index < -0.39 is 0 Å². The Morgan fingerprint density at radius 2 is 1.87 bits per heavy atom. The molecule has 30 heavy (non-hydrogen) atoms. The topological polar surface area (TPSA) is 46.9 Å². The number of rotatable bonds is 2. The Balaban J connectivity index is 1.50. The number of para-hydroxylation sites is 2. The quantitative estimate of drug-likeness (QED) is 0.452. The average molecular weight is 412 g/mol. The van der Waals surface area contributed by atoms with Gasteiger partial charge in [0.15, 0.2) is 5.78 Å². The number of anilines is 1. The fourth-order valence-electron chi connectivity index (χ4n) is 4.82. The molecule has 3 heterocycles. The third-order valence-corrected chi connectivity index (χ3v) is 7.18. The van der Waals surface area contributed by atoms with Crippen molar-refractivity contribution in [1.82, 2.24) is 9.55 Å². The zero-order chi connectivity index (χ0) is 20.2. The van der Waals surface area contributed by atoms with Crippen molar-refractivity contribution in [3.8, 4) is 0 Å². The molecule has 0 saturated carbocycles. The maximum absolute atomic E-state index is 13.5. The number of carbonyl (C=O) groups excluding carboxylic acids is 1. The number of Topliss-reactive ketones (excluding diaryl/α,β-unsaturated/α-hetero) is 1. The Morgan fingerprint density at radius 1 is 1.03 bits per heavy atom. The second kappa shape index (κ2) is 6.67. The summed E-state index contributed by atoms with van der Waals surface area (Å²) in [4.78, 5) is 19.6. The Labute approximate surface area is 178 Å². The third kappa shape index (κ3) is 2.66. The van der Waals surface area contributed by atoms with E-state index in [1.165, 1.54) is 16.0 Å². The summed E-state index contributed by atoms with van der Waals surface area (Å²) in [5, 5.41) is 5.62. The van der Waals surface area contributed by atoms with Crippen LogP contribution in [0, 0.1) is 6.92 Å². The first-order chi connectivity index (χ1) is 14.7. The SMILES string of the molecule is Cc1ccc([C@H]2CC(=O)C3=C(C2)Nc2nc4ccccc4n2[C@@H]3c2cccs2)cc1. The minimum atomic E-state index is -0.116. The van der Waals surface area contributed by atoms with Gasteiger partial charge in [-0.1, -0.05) is 48.0 Å². The van der Waals surface area contributed by atoms with Crippen LogP contribution >= 0.6 is 11.3 Å². The number of ketones is 1. The smallest absolute Gasteiger partial charge is 0.209 e. The van der Waals surface area contributed by atoms with Gasteiger partial charge in [0.05, 0.1) is 11.0 Å². The van der Waals surface area contributed by atoms with Crippen molar-refractivity contribution in [2.45, 2.75) is 31.7 Å². The van der Waals surface area contributed by atoms with Crippen LogP contribution in [-0.4, -0.2) is 15.3 Å². The molecule has 4 nitrogen and oxygen atoms in total. The minimum absolute atomic E-state index is 0.116. The lowest BCUT2D eigenvalue weighted by atomic mass is 9.78. The summed E-state index contributed by atoms with van der Waals surface area (Å²) in [5.41, 5.74) is 6.40. The standard InChI is InChI=1S/C25H21N3OS/c1-15-8-10-16(11-9-15)17-13-19-23(21(29)14-17)24(22-7-4-12-30-22)28-20-6-3-2-5-18(20)26-25(28)27-19/h2-12,17,24H,13-14H2,1H3,(H,26,27)/t17-,24-/m1/s1. The van der Waals surface area contributed by atoms with E-state index in [1.807, 2.05) is 18.2 Å². The Morgan fingerprint density at radius 3 is 2.67 bits per heavy atom. The molecule has 2 aromatic carbocycles. The van der Waals surface area contributed by atoms with Crippen molar-refractivity contribution in [3.63, 3.8) is 0 Å². The van der Waals surface area contributed by atoms with Gasteiger partial charge >= 0.3 is 0 Å². The number of benzene rings is 2. The highest BCUT2D eigenvalue weighted by molar-refractivity contribution is 7.10. The summed E-state index contributed by atoms with van der Waals surface area (Å²) in [6.45, 7) is 2.09. The number of allylic oxidation sites excluding steroid dienone is 2. The molecule has 2 aromatic heterocycles. The van der Waals surface area contributed by atoms with E-state index in [0.717, 1.165) is 34.7 Å². The number of hydrogen-bond donors (Lipinski definition) is 1. The van der Waals surface area contributed by atoms with E-state index in [1.54, 1.807) is 11.3 Å². The first-order valence-corrected chi connectivity index (χ1v) is 11.2. The number of imidazole rings is 1. The maximum atomic E-state index is 13.5. The molecule has 6 rings (SSSR count). The molecular weight excluding hydrogens is 390 g/mol. The Hall–Kier alpha value is -3.18. The van der Waals surface area contributed by atoms with E-state index in [-0.39, 0.29) is 17.7 Å². The first-order valence-electron chi connectivity index (χ1n) is 10.3. The molecule has 0 amide bonds.